The SMILES string of the molecule is COc1ccccc1N(C)C(C)c1ccc(F)cc1O. The molecule has 1 unspecified atom stereocenters. The number of aromatic hydroxyl groups is 1. The first-order valence-corrected chi connectivity index (χ1v) is 6.39. The number of para-hydroxylation sites is 2. The van der Waals surface area contributed by atoms with Gasteiger partial charge in [-0.1, -0.05) is 18.2 Å². The molecule has 3 nitrogen and oxygen atoms in total. The number of rotatable bonds is 4. The van der Waals surface area contributed by atoms with Crippen molar-refractivity contribution in [1.82, 2.24) is 0 Å². The Morgan fingerprint density at radius 1 is 1.20 bits per heavy atom. The Morgan fingerprint density at radius 2 is 1.90 bits per heavy atom. The van der Waals surface area contributed by atoms with Crippen molar-refractivity contribution < 1.29 is 14.2 Å². The van der Waals surface area contributed by atoms with Crippen LogP contribution >= 0.6 is 0 Å². The Hall–Kier alpha value is -2.23. The van der Waals surface area contributed by atoms with Crippen LogP contribution < -0.4 is 9.64 Å². The quantitative estimate of drug-likeness (QED) is 0.922. The van der Waals surface area contributed by atoms with Crippen molar-refractivity contribution in [3.8, 4) is 11.5 Å². The van der Waals surface area contributed by atoms with Gasteiger partial charge in [0.25, 0.3) is 0 Å². The van der Waals surface area contributed by atoms with Crippen molar-refractivity contribution in [2.75, 3.05) is 19.1 Å². The van der Waals surface area contributed by atoms with E-state index in [1.165, 1.54) is 6.07 Å². The zero-order valence-electron chi connectivity index (χ0n) is 11.8. The summed E-state index contributed by atoms with van der Waals surface area (Å²) in [6.07, 6.45) is 0. The molecule has 1 N–H and O–H groups in total. The molecule has 0 aliphatic rings. The second kappa shape index (κ2) is 5.82. The zero-order chi connectivity index (χ0) is 14.7. The summed E-state index contributed by atoms with van der Waals surface area (Å²) < 4.78 is 18.4. The first kappa shape index (κ1) is 14.2. The molecule has 1 atom stereocenters. The largest absolute Gasteiger partial charge is 0.507 e. The van der Waals surface area contributed by atoms with Gasteiger partial charge in [0, 0.05) is 18.7 Å². The molecule has 0 radical (unpaired) electrons. The van der Waals surface area contributed by atoms with Crippen molar-refractivity contribution in [2.45, 2.75) is 13.0 Å². The van der Waals surface area contributed by atoms with E-state index >= 15 is 0 Å². The third-order valence-electron chi connectivity index (χ3n) is 3.49. The minimum absolute atomic E-state index is 0.0424. The van der Waals surface area contributed by atoms with E-state index in [0.29, 0.717) is 5.56 Å². The average Bonchev–Trinajstić information content (AvgIpc) is 2.45. The molecule has 4 heteroatoms. The summed E-state index contributed by atoms with van der Waals surface area (Å²) in [6.45, 7) is 1.94. The molecule has 0 aromatic heterocycles. The number of phenols is 1. The Kier molecular flexibility index (Phi) is 4.13. The van der Waals surface area contributed by atoms with E-state index in [9.17, 15) is 9.50 Å². The summed E-state index contributed by atoms with van der Waals surface area (Å²) in [4.78, 5) is 1.98. The molecule has 2 aromatic carbocycles. The van der Waals surface area contributed by atoms with Gasteiger partial charge in [-0.05, 0) is 25.1 Å². The Balaban J connectivity index is 2.34. The van der Waals surface area contributed by atoms with Gasteiger partial charge < -0.3 is 14.7 Å². The fourth-order valence-electron chi connectivity index (χ4n) is 2.21. The number of nitrogens with zero attached hydrogens (tertiary/aromatic N) is 1. The van der Waals surface area contributed by atoms with Crippen LogP contribution in [-0.4, -0.2) is 19.3 Å². The fourth-order valence-corrected chi connectivity index (χ4v) is 2.21. The van der Waals surface area contributed by atoms with Crippen LogP contribution in [0.15, 0.2) is 42.5 Å². The van der Waals surface area contributed by atoms with E-state index in [2.05, 4.69) is 0 Å². The molecule has 2 rings (SSSR count). The van der Waals surface area contributed by atoms with Crippen LogP contribution in [-0.2, 0) is 0 Å². The standard InChI is InChI=1S/C16H18FNO2/c1-11(13-9-8-12(17)10-15(13)19)18(2)14-6-4-5-7-16(14)20-3/h4-11,19H,1-3H3. The minimum atomic E-state index is -0.446. The third-order valence-corrected chi connectivity index (χ3v) is 3.49. The lowest BCUT2D eigenvalue weighted by Gasteiger charge is -2.29. The summed E-state index contributed by atoms with van der Waals surface area (Å²) in [6, 6.07) is 11.6. The highest BCUT2D eigenvalue weighted by atomic mass is 19.1. The second-order valence-corrected chi connectivity index (χ2v) is 4.66. The third kappa shape index (κ3) is 2.69. The maximum absolute atomic E-state index is 13.1. The number of methoxy groups -OCH3 is 1. The van der Waals surface area contributed by atoms with Crippen molar-refractivity contribution in [3.05, 3.63) is 53.8 Å². The van der Waals surface area contributed by atoms with Crippen LogP contribution in [0.4, 0.5) is 10.1 Å². The Labute approximate surface area is 118 Å². The maximum Gasteiger partial charge on any atom is 0.142 e. The summed E-state index contributed by atoms with van der Waals surface area (Å²) in [5, 5.41) is 9.89. The highest BCUT2D eigenvalue weighted by Crippen LogP contribution is 2.35. The number of hydrogen-bond acceptors (Lipinski definition) is 3. The summed E-state index contributed by atoms with van der Waals surface area (Å²) in [5.74, 6) is 0.265. The molecule has 0 spiro atoms. The number of anilines is 1. The second-order valence-electron chi connectivity index (χ2n) is 4.66. The number of benzene rings is 2. The van der Waals surface area contributed by atoms with Crippen LogP contribution in [0, 0.1) is 5.82 Å². The molecule has 0 fully saturated rings. The first-order chi connectivity index (χ1) is 9.54. The van der Waals surface area contributed by atoms with Crippen LogP contribution in [0.1, 0.15) is 18.5 Å². The number of phenolic OH excluding ortho intramolecular Hbond substituents is 1. The molecular formula is C16H18FNO2. The van der Waals surface area contributed by atoms with Crippen LogP contribution in [0.5, 0.6) is 11.5 Å². The van der Waals surface area contributed by atoms with Crippen LogP contribution in [0.3, 0.4) is 0 Å². The van der Waals surface area contributed by atoms with Gasteiger partial charge in [0.2, 0.25) is 0 Å². The van der Waals surface area contributed by atoms with Gasteiger partial charge in [-0.3, -0.25) is 0 Å². The van der Waals surface area contributed by atoms with Crippen molar-refractivity contribution in [3.63, 3.8) is 0 Å². The molecule has 0 amide bonds. The van der Waals surface area contributed by atoms with Gasteiger partial charge in [0.05, 0.1) is 18.8 Å². The zero-order valence-corrected chi connectivity index (χ0v) is 11.8. The van der Waals surface area contributed by atoms with E-state index < -0.39 is 5.82 Å². The van der Waals surface area contributed by atoms with Gasteiger partial charge in [-0.15, -0.1) is 0 Å². The monoisotopic (exact) mass is 275 g/mol. The minimum Gasteiger partial charge on any atom is -0.507 e. The number of ether oxygens (including phenoxy) is 1. The lowest BCUT2D eigenvalue weighted by atomic mass is 10.1. The van der Waals surface area contributed by atoms with Gasteiger partial charge >= 0.3 is 0 Å². The topological polar surface area (TPSA) is 32.7 Å². The van der Waals surface area contributed by atoms with Crippen molar-refractivity contribution in [1.29, 1.82) is 0 Å². The Bertz CT molecular complexity index is 601. The fraction of sp³-hybridized carbons (Fsp3) is 0.250. The number of halogens is 1. The van der Waals surface area contributed by atoms with E-state index in [0.717, 1.165) is 17.5 Å². The van der Waals surface area contributed by atoms with Crippen LogP contribution in [0.25, 0.3) is 0 Å². The van der Waals surface area contributed by atoms with Crippen molar-refractivity contribution >= 4 is 5.69 Å². The molecule has 0 heterocycles. The van der Waals surface area contributed by atoms with Gasteiger partial charge in [-0.2, -0.15) is 0 Å². The lowest BCUT2D eigenvalue weighted by molar-refractivity contribution is 0.413. The molecular weight excluding hydrogens is 257 g/mol. The highest BCUT2D eigenvalue weighted by molar-refractivity contribution is 5.59. The summed E-state index contributed by atoms with van der Waals surface area (Å²) in [7, 11) is 3.53. The molecule has 0 saturated heterocycles. The van der Waals surface area contributed by atoms with E-state index in [-0.39, 0.29) is 11.8 Å². The Morgan fingerprint density at radius 3 is 2.55 bits per heavy atom. The van der Waals surface area contributed by atoms with Crippen LogP contribution in [0.2, 0.25) is 0 Å². The first-order valence-electron chi connectivity index (χ1n) is 6.39. The van der Waals surface area contributed by atoms with E-state index in [1.54, 1.807) is 13.2 Å². The van der Waals surface area contributed by atoms with E-state index in [4.69, 9.17) is 4.74 Å². The molecule has 2 aromatic rings. The number of hydrogen-bond donors (Lipinski definition) is 1. The molecule has 0 aliphatic heterocycles. The molecule has 106 valence electrons. The summed E-state index contributed by atoms with van der Waals surface area (Å²) >= 11 is 0. The highest BCUT2D eigenvalue weighted by Gasteiger charge is 2.18. The summed E-state index contributed by atoms with van der Waals surface area (Å²) in [5.41, 5.74) is 1.58. The molecule has 0 bridgehead atoms. The average molecular weight is 275 g/mol. The predicted molar refractivity (Wildman–Crippen MR) is 77.9 cm³/mol. The molecule has 0 aliphatic carbocycles. The predicted octanol–water partition coefficient (Wildman–Crippen LogP) is 3.74. The lowest BCUT2D eigenvalue weighted by Crippen LogP contribution is -2.22. The van der Waals surface area contributed by atoms with Gasteiger partial charge in [0.1, 0.15) is 17.3 Å². The van der Waals surface area contributed by atoms with E-state index in [1.807, 2.05) is 43.1 Å². The molecule has 0 saturated carbocycles. The maximum atomic E-state index is 13.1. The van der Waals surface area contributed by atoms with Gasteiger partial charge in [0.15, 0.2) is 0 Å². The molecule has 20 heavy (non-hydrogen) atoms. The van der Waals surface area contributed by atoms with Crippen molar-refractivity contribution in [2.24, 2.45) is 0 Å². The van der Waals surface area contributed by atoms with Gasteiger partial charge in [-0.25, -0.2) is 4.39 Å². The normalized spacial score (nSPS) is 12.0. The smallest absolute Gasteiger partial charge is 0.142 e.